The van der Waals surface area contributed by atoms with Crippen LogP contribution in [0.1, 0.15) is 72.6 Å². The highest BCUT2D eigenvalue weighted by atomic mass is 32.1. The fourth-order valence-electron chi connectivity index (χ4n) is 4.31. The molecular formula is C25H39F3N4O5S. The number of alkyl halides is 3. The fraction of sp³-hybridized carbons (Fsp3) is 0.760. The van der Waals surface area contributed by atoms with Crippen LogP contribution in [-0.4, -0.2) is 59.4 Å². The van der Waals surface area contributed by atoms with Gasteiger partial charge in [-0.05, 0) is 37.5 Å². The Labute approximate surface area is 225 Å². The molecule has 1 aliphatic rings. The number of thiazole rings is 1. The zero-order valence-corrected chi connectivity index (χ0v) is 23.1. The Hall–Kier alpha value is -2.25. The van der Waals surface area contributed by atoms with Crippen LogP contribution < -0.4 is 10.6 Å². The number of rotatable bonds is 15. The molecule has 1 unspecified atom stereocenters. The van der Waals surface area contributed by atoms with Gasteiger partial charge in [-0.15, -0.1) is 11.3 Å². The lowest BCUT2D eigenvalue weighted by atomic mass is 9.86. The fourth-order valence-corrected chi connectivity index (χ4v) is 4.84. The number of ether oxygens (including phenoxy) is 1. The Bertz CT molecular complexity index is 866. The molecule has 0 radical (unpaired) electrons. The molecule has 0 spiro atoms. The quantitative estimate of drug-likeness (QED) is 0.232. The number of halogens is 3. The molecule has 5 atom stereocenters. The molecule has 3 amide bonds. The lowest BCUT2D eigenvalue weighted by molar-refractivity contribution is -0.291. The van der Waals surface area contributed by atoms with Gasteiger partial charge in [0.2, 0.25) is 18.2 Å². The molecule has 1 aliphatic heterocycles. The molecule has 1 saturated heterocycles. The molecule has 9 nitrogen and oxygen atoms in total. The summed E-state index contributed by atoms with van der Waals surface area (Å²) in [6.45, 7) is 7.74. The predicted molar refractivity (Wildman–Crippen MR) is 137 cm³/mol. The molecule has 2 N–H and O–H groups in total. The van der Waals surface area contributed by atoms with Gasteiger partial charge in [-0.1, -0.05) is 34.1 Å². The van der Waals surface area contributed by atoms with E-state index in [1.807, 2.05) is 20.8 Å². The highest BCUT2D eigenvalue weighted by Gasteiger charge is 2.40. The van der Waals surface area contributed by atoms with Crippen molar-refractivity contribution in [3.8, 4) is 0 Å². The number of carbonyl (C=O) groups excluding carboxylic acids is 3. The number of carbonyl (C=O) groups is 3. The monoisotopic (exact) mass is 564 g/mol. The number of anilines is 1. The summed E-state index contributed by atoms with van der Waals surface area (Å²) < 4.78 is 45.4. The molecule has 1 fully saturated rings. The Morgan fingerprint density at radius 2 is 2.03 bits per heavy atom. The van der Waals surface area contributed by atoms with Crippen LogP contribution in [-0.2, 0) is 24.0 Å². The smallest absolute Gasteiger partial charge is 0.350 e. The molecular weight excluding hydrogens is 525 g/mol. The summed E-state index contributed by atoms with van der Waals surface area (Å²) in [5.74, 6) is -2.53. The number of amides is 3. The van der Waals surface area contributed by atoms with Crippen LogP contribution in [0.2, 0.25) is 0 Å². The molecule has 0 aromatic carbocycles. The minimum absolute atomic E-state index is 0.0928. The first-order valence-electron chi connectivity index (χ1n) is 13.0. The van der Waals surface area contributed by atoms with Crippen molar-refractivity contribution in [3.05, 3.63) is 11.6 Å². The van der Waals surface area contributed by atoms with Gasteiger partial charge in [0, 0.05) is 31.0 Å². The van der Waals surface area contributed by atoms with Gasteiger partial charge < -0.3 is 15.4 Å². The topological polar surface area (TPSA) is 110 Å². The van der Waals surface area contributed by atoms with Gasteiger partial charge in [-0.2, -0.15) is 13.2 Å². The SMILES string of the molecule is CC[C@H](C)[C@H](NC(=O)[C@H](CC(C)C)[C@H](CCC(F)(F)F)N(C=O)OC1CCCCO1)C(=O)Nc1nccs1. The van der Waals surface area contributed by atoms with Gasteiger partial charge in [-0.25, -0.2) is 14.9 Å². The normalized spacial score (nSPS) is 19.3. The molecule has 1 aromatic rings. The maximum absolute atomic E-state index is 13.7. The first-order valence-corrected chi connectivity index (χ1v) is 13.9. The van der Waals surface area contributed by atoms with Crippen LogP contribution in [0, 0.1) is 17.8 Å². The average Bonchev–Trinajstić information content (AvgIpc) is 3.37. The van der Waals surface area contributed by atoms with Crippen LogP contribution in [0.25, 0.3) is 0 Å². The van der Waals surface area contributed by atoms with Crippen molar-refractivity contribution >= 4 is 34.7 Å². The third-order valence-electron chi connectivity index (χ3n) is 6.51. The Morgan fingerprint density at radius 3 is 2.55 bits per heavy atom. The minimum atomic E-state index is -4.50. The molecule has 2 heterocycles. The van der Waals surface area contributed by atoms with Gasteiger partial charge in [0.1, 0.15) is 6.04 Å². The van der Waals surface area contributed by atoms with E-state index < -0.39 is 55.1 Å². The maximum atomic E-state index is 13.7. The first kappa shape index (κ1) is 32.0. The number of nitrogens with one attached hydrogen (secondary N) is 2. The van der Waals surface area contributed by atoms with Crippen LogP contribution in [0.15, 0.2) is 11.6 Å². The van der Waals surface area contributed by atoms with Crippen LogP contribution in [0.4, 0.5) is 18.3 Å². The van der Waals surface area contributed by atoms with Gasteiger partial charge in [0.25, 0.3) is 0 Å². The Kier molecular flexibility index (Phi) is 12.9. The van der Waals surface area contributed by atoms with E-state index in [2.05, 4.69) is 15.6 Å². The second kappa shape index (κ2) is 15.4. The van der Waals surface area contributed by atoms with Crippen molar-refractivity contribution in [1.82, 2.24) is 15.4 Å². The van der Waals surface area contributed by atoms with Crippen molar-refractivity contribution in [2.45, 2.75) is 97.2 Å². The third kappa shape index (κ3) is 10.5. The number of aromatic nitrogens is 1. The predicted octanol–water partition coefficient (Wildman–Crippen LogP) is 4.90. The molecule has 0 saturated carbocycles. The molecule has 0 bridgehead atoms. The van der Waals surface area contributed by atoms with E-state index in [4.69, 9.17) is 9.57 Å². The summed E-state index contributed by atoms with van der Waals surface area (Å²) >= 11 is 1.22. The summed E-state index contributed by atoms with van der Waals surface area (Å²) in [4.78, 5) is 48.5. The number of hydrogen-bond acceptors (Lipinski definition) is 7. The van der Waals surface area contributed by atoms with E-state index in [1.165, 1.54) is 17.5 Å². The lowest BCUT2D eigenvalue weighted by Crippen LogP contribution is -2.54. The van der Waals surface area contributed by atoms with E-state index in [0.29, 0.717) is 31.0 Å². The van der Waals surface area contributed by atoms with Crippen molar-refractivity contribution < 1.29 is 37.1 Å². The van der Waals surface area contributed by atoms with Gasteiger partial charge in [0.15, 0.2) is 11.4 Å². The Morgan fingerprint density at radius 1 is 1.29 bits per heavy atom. The van der Waals surface area contributed by atoms with Crippen molar-refractivity contribution in [1.29, 1.82) is 0 Å². The highest BCUT2D eigenvalue weighted by molar-refractivity contribution is 7.13. The second-order valence-electron chi connectivity index (χ2n) is 10.0. The van der Waals surface area contributed by atoms with Crippen LogP contribution in [0.3, 0.4) is 0 Å². The van der Waals surface area contributed by atoms with Crippen LogP contribution >= 0.6 is 11.3 Å². The van der Waals surface area contributed by atoms with Crippen molar-refractivity contribution in [3.63, 3.8) is 0 Å². The maximum Gasteiger partial charge on any atom is 0.389 e. The molecule has 13 heteroatoms. The van der Waals surface area contributed by atoms with Crippen LogP contribution in [0.5, 0.6) is 0 Å². The third-order valence-corrected chi connectivity index (χ3v) is 7.20. The number of nitrogens with zero attached hydrogens (tertiary/aromatic N) is 2. The van der Waals surface area contributed by atoms with E-state index in [9.17, 15) is 27.6 Å². The molecule has 0 aliphatic carbocycles. The second-order valence-corrected chi connectivity index (χ2v) is 10.9. The number of hydrogen-bond donors (Lipinski definition) is 2. The largest absolute Gasteiger partial charge is 0.389 e. The summed E-state index contributed by atoms with van der Waals surface area (Å²) in [7, 11) is 0. The molecule has 216 valence electrons. The number of hydroxylamine groups is 2. The summed E-state index contributed by atoms with van der Waals surface area (Å²) in [5, 5.41) is 8.31. The summed E-state index contributed by atoms with van der Waals surface area (Å²) in [6, 6.07) is -2.18. The van der Waals surface area contributed by atoms with Gasteiger partial charge in [-0.3, -0.25) is 14.4 Å². The zero-order valence-electron chi connectivity index (χ0n) is 22.3. The molecule has 2 rings (SSSR count). The molecule has 1 aromatic heterocycles. The first-order chi connectivity index (χ1) is 17.9. The lowest BCUT2D eigenvalue weighted by Gasteiger charge is -2.37. The summed E-state index contributed by atoms with van der Waals surface area (Å²) in [6.07, 6.45) is -2.39. The zero-order chi connectivity index (χ0) is 28.3. The summed E-state index contributed by atoms with van der Waals surface area (Å²) in [5.41, 5.74) is 0. The average molecular weight is 565 g/mol. The van der Waals surface area contributed by atoms with Gasteiger partial charge >= 0.3 is 6.18 Å². The van der Waals surface area contributed by atoms with Crippen molar-refractivity contribution in [2.75, 3.05) is 11.9 Å². The van der Waals surface area contributed by atoms with Crippen molar-refractivity contribution in [2.24, 2.45) is 17.8 Å². The molecule has 38 heavy (non-hydrogen) atoms. The van der Waals surface area contributed by atoms with Gasteiger partial charge in [0.05, 0.1) is 12.0 Å². The Balaban J connectivity index is 2.33. The van der Waals surface area contributed by atoms with E-state index >= 15 is 0 Å². The van der Waals surface area contributed by atoms with E-state index in [0.717, 1.165) is 17.9 Å². The highest BCUT2D eigenvalue weighted by Crippen LogP contribution is 2.31. The van der Waals surface area contributed by atoms with E-state index in [1.54, 1.807) is 12.3 Å². The standard InChI is InChI=1S/C25H39F3N4O5S/c1-5-17(4)21(23(35)31-24-29-11-13-38-24)30-22(34)18(14-16(2)3)19(9-10-25(26,27)28)32(15-33)37-20-8-6-7-12-36-20/h11,13,15-21H,5-10,12,14H2,1-4H3,(H,30,34)(H,29,31,35)/t17-,18+,19-,20?,21-/m0/s1. The minimum Gasteiger partial charge on any atom is -0.350 e. The van der Waals surface area contributed by atoms with E-state index in [-0.39, 0.29) is 18.3 Å².